The molecule has 0 unspecified atom stereocenters. The van der Waals surface area contributed by atoms with Gasteiger partial charge in [-0.05, 0) is 68.0 Å². The van der Waals surface area contributed by atoms with E-state index in [9.17, 15) is 21.6 Å². The highest BCUT2D eigenvalue weighted by Crippen LogP contribution is 2.26. The minimum absolute atomic E-state index is 0.0380. The fourth-order valence-corrected chi connectivity index (χ4v) is 7.62. The number of nitrogens with zero attached hydrogens (tertiary/aromatic N) is 2. The summed E-state index contributed by atoms with van der Waals surface area (Å²) in [7, 11) is -7.80. The summed E-state index contributed by atoms with van der Waals surface area (Å²) < 4.78 is 61.4. The van der Waals surface area contributed by atoms with Crippen molar-refractivity contribution in [3.63, 3.8) is 0 Å². The third-order valence-corrected chi connectivity index (χ3v) is 10.2. The lowest BCUT2D eigenvalue weighted by Crippen LogP contribution is -2.42. The SMILES string of the molecule is C[C@H]1CCCN(S(=O)(=O)c2ccc(S(=O)(=O)N(CC(=O)Nc3ccccc3)C[C@@H]3CCCO3)cc2)C1. The number of carbonyl (C=O) groups excluding carboxylic acids is 1. The van der Waals surface area contributed by atoms with Gasteiger partial charge in [-0.1, -0.05) is 25.1 Å². The first-order valence-electron chi connectivity index (χ1n) is 12.2. The maximum Gasteiger partial charge on any atom is 0.243 e. The van der Waals surface area contributed by atoms with Gasteiger partial charge in [-0.15, -0.1) is 0 Å². The van der Waals surface area contributed by atoms with Gasteiger partial charge in [0.2, 0.25) is 26.0 Å². The molecule has 2 aromatic carbocycles. The van der Waals surface area contributed by atoms with E-state index in [1.807, 2.05) is 13.0 Å². The van der Waals surface area contributed by atoms with Gasteiger partial charge >= 0.3 is 0 Å². The van der Waals surface area contributed by atoms with E-state index in [0.717, 1.165) is 23.6 Å². The molecule has 4 rings (SSSR count). The smallest absolute Gasteiger partial charge is 0.243 e. The summed E-state index contributed by atoms with van der Waals surface area (Å²) in [6.07, 6.45) is 3.02. The average Bonchev–Trinajstić information content (AvgIpc) is 3.37. The van der Waals surface area contributed by atoms with Crippen LogP contribution in [0, 0.1) is 5.92 Å². The number of hydrogen-bond donors (Lipinski definition) is 1. The van der Waals surface area contributed by atoms with Crippen molar-refractivity contribution < 1.29 is 26.4 Å². The molecule has 1 N–H and O–H groups in total. The Hall–Kier alpha value is -2.31. The van der Waals surface area contributed by atoms with E-state index in [-0.39, 0.29) is 34.9 Å². The summed E-state index contributed by atoms with van der Waals surface area (Å²) in [4.78, 5) is 12.7. The number of amides is 1. The lowest BCUT2D eigenvalue weighted by atomic mass is 10.0. The van der Waals surface area contributed by atoms with Crippen molar-refractivity contribution in [1.82, 2.24) is 8.61 Å². The molecular weight excluding hydrogens is 502 g/mol. The van der Waals surface area contributed by atoms with Crippen LogP contribution in [0.5, 0.6) is 0 Å². The molecule has 2 atom stereocenters. The minimum Gasteiger partial charge on any atom is -0.377 e. The molecule has 0 radical (unpaired) electrons. The molecule has 0 aromatic heterocycles. The Morgan fingerprint density at radius 1 is 1.00 bits per heavy atom. The first kappa shape index (κ1) is 26.7. The molecule has 9 nitrogen and oxygen atoms in total. The fourth-order valence-electron chi connectivity index (χ4n) is 4.59. The Labute approximate surface area is 213 Å². The van der Waals surface area contributed by atoms with Crippen LogP contribution in [0.25, 0.3) is 0 Å². The Balaban J connectivity index is 1.54. The summed E-state index contributed by atoms with van der Waals surface area (Å²) in [6.45, 7) is 3.13. The Morgan fingerprint density at radius 3 is 2.33 bits per heavy atom. The number of sulfonamides is 2. The third kappa shape index (κ3) is 6.33. The van der Waals surface area contributed by atoms with Crippen LogP contribution in [-0.4, -0.2) is 70.2 Å². The van der Waals surface area contributed by atoms with Gasteiger partial charge in [0.25, 0.3) is 0 Å². The van der Waals surface area contributed by atoms with Crippen molar-refractivity contribution in [2.24, 2.45) is 5.92 Å². The van der Waals surface area contributed by atoms with Crippen LogP contribution in [0.2, 0.25) is 0 Å². The van der Waals surface area contributed by atoms with Gasteiger partial charge in [-0.25, -0.2) is 16.8 Å². The quantitative estimate of drug-likeness (QED) is 0.528. The molecule has 2 saturated heterocycles. The molecule has 1 amide bonds. The molecule has 0 spiro atoms. The van der Waals surface area contributed by atoms with E-state index in [4.69, 9.17) is 4.74 Å². The van der Waals surface area contributed by atoms with E-state index in [2.05, 4.69) is 5.32 Å². The molecule has 11 heteroatoms. The zero-order valence-electron chi connectivity index (χ0n) is 20.4. The highest BCUT2D eigenvalue weighted by molar-refractivity contribution is 7.89. The second kappa shape index (κ2) is 11.4. The van der Waals surface area contributed by atoms with Crippen molar-refractivity contribution in [3.8, 4) is 0 Å². The molecule has 2 fully saturated rings. The lowest BCUT2D eigenvalue weighted by molar-refractivity contribution is -0.116. The maximum absolute atomic E-state index is 13.5. The molecule has 0 aliphatic carbocycles. The predicted molar refractivity (Wildman–Crippen MR) is 136 cm³/mol. The molecule has 196 valence electrons. The van der Waals surface area contributed by atoms with Crippen LogP contribution < -0.4 is 5.32 Å². The van der Waals surface area contributed by atoms with Gasteiger partial charge in [0.05, 0.1) is 22.4 Å². The number of benzene rings is 2. The molecule has 2 aliphatic heterocycles. The number of para-hydroxylation sites is 1. The number of nitrogens with one attached hydrogen (secondary N) is 1. The monoisotopic (exact) mass is 535 g/mol. The van der Waals surface area contributed by atoms with Gasteiger partial charge < -0.3 is 10.1 Å². The maximum atomic E-state index is 13.5. The van der Waals surface area contributed by atoms with Gasteiger partial charge in [0, 0.05) is 31.9 Å². The summed E-state index contributed by atoms with van der Waals surface area (Å²) in [5.74, 6) is -0.192. The Kier molecular flexibility index (Phi) is 8.46. The van der Waals surface area contributed by atoms with Crippen LogP contribution in [0.15, 0.2) is 64.4 Å². The minimum atomic E-state index is -4.09. The van der Waals surface area contributed by atoms with Crippen molar-refractivity contribution in [1.29, 1.82) is 0 Å². The van der Waals surface area contributed by atoms with Crippen LogP contribution in [0.4, 0.5) is 5.69 Å². The van der Waals surface area contributed by atoms with Crippen LogP contribution in [0.1, 0.15) is 32.6 Å². The van der Waals surface area contributed by atoms with E-state index < -0.39 is 26.0 Å². The van der Waals surface area contributed by atoms with Crippen molar-refractivity contribution in [3.05, 3.63) is 54.6 Å². The zero-order valence-corrected chi connectivity index (χ0v) is 22.0. The molecule has 2 aromatic rings. The summed E-state index contributed by atoms with van der Waals surface area (Å²) in [6, 6.07) is 14.1. The normalized spacial score (nSPS) is 21.5. The Morgan fingerprint density at radius 2 is 1.69 bits per heavy atom. The fraction of sp³-hybridized carbons (Fsp3) is 0.480. The first-order valence-corrected chi connectivity index (χ1v) is 15.1. The highest BCUT2D eigenvalue weighted by atomic mass is 32.2. The van der Waals surface area contributed by atoms with E-state index in [1.54, 1.807) is 24.3 Å². The van der Waals surface area contributed by atoms with Gasteiger partial charge in [-0.2, -0.15) is 8.61 Å². The van der Waals surface area contributed by atoms with Gasteiger partial charge in [0.15, 0.2) is 0 Å². The molecular formula is C25H33N3O6S2. The summed E-state index contributed by atoms with van der Waals surface area (Å²) >= 11 is 0. The molecule has 36 heavy (non-hydrogen) atoms. The molecule has 2 heterocycles. The number of carbonyl (C=O) groups is 1. The predicted octanol–water partition coefficient (Wildman–Crippen LogP) is 2.92. The molecule has 0 saturated carbocycles. The van der Waals surface area contributed by atoms with E-state index in [0.29, 0.717) is 31.8 Å². The topological polar surface area (TPSA) is 113 Å². The number of hydrogen-bond acceptors (Lipinski definition) is 6. The number of rotatable bonds is 9. The van der Waals surface area contributed by atoms with Crippen LogP contribution >= 0.6 is 0 Å². The molecule has 2 aliphatic rings. The average molecular weight is 536 g/mol. The van der Waals surface area contributed by atoms with Crippen molar-refractivity contribution >= 4 is 31.6 Å². The number of anilines is 1. The van der Waals surface area contributed by atoms with Crippen LogP contribution in [-0.2, 0) is 29.6 Å². The van der Waals surface area contributed by atoms with E-state index in [1.165, 1.54) is 28.6 Å². The number of ether oxygens (including phenoxy) is 1. The third-order valence-electron chi connectivity index (χ3n) is 6.53. The second-order valence-corrected chi connectivity index (χ2v) is 13.3. The van der Waals surface area contributed by atoms with Gasteiger partial charge in [0.1, 0.15) is 0 Å². The molecule has 0 bridgehead atoms. The highest BCUT2D eigenvalue weighted by Gasteiger charge is 2.32. The second-order valence-electron chi connectivity index (χ2n) is 9.43. The summed E-state index contributed by atoms with van der Waals surface area (Å²) in [5.41, 5.74) is 0.568. The van der Waals surface area contributed by atoms with Crippen molar-refractivity contribution in [2.75, 3.05) is 38.1 Å². The standard InChI is InChI=1S/C25H33N3O6S2/c1-20-7-5-15-27(17-20)35(30,31)23-11-13-24(14-12-23)36(32,33)28(18-22-10-6-16-34-22)19-25(29)26-21-8-3-2-4-9-21/h2-4,8-9,11-14,20,22H,5-7,10,15-19H2,1H3,(H,26,29)/t20-,22-/m0/s1. The van der Waals surface area contributed by atoms with Crippen LogP contribution in [0.3, 0.4) is 0 Å². The lowest BCUT2D eigenvalue weighted by Gasteiger charge is -2.30. The largest absolute Gasteiger partial charge is 0.377 e. The van der Waals surface area contributed by atoms with Gasteiger partial charge in [-0.3, -0.25) is 4.79 Å². The summed E-state index contributed by atoms with van der Waals surface area (Å²) in [5, 5.41) is 2.72. The van der Waals surface area contributed by atoms with Crippen molar-refractivity contribution in [2.45, 2.75) is 48.5 Å². The number of piperidine rings is 1. The Bertz CT molecular complexity index is 1240. The first-order chi connectivity index (χ1) is 17.2. The zero-order chi connectivity index (χ0) is 25.8. The van der Waals surface area contributed by atoms with E-state index >= 15 is 0 Å².